The van der Waals surface area contributed by atoms with Gasteiger partial charge in [0.05, 0.1) is 31.1 Å². The third-order valence-corrected chi connectivity index (χ3v) is 8.40. The van der Waals surface area contributed by atoms with Crippen molar-refractivity contribution in [1.82, 2.24) is 15.1 Å². The van der Waals surface area contributed by atoms with Gasteiger partial charge in [-0.3, -0.25) is 19.2 Å². The maximum absolute atomic E-state index is 13.9. The third kappa shape index (κ3) is 5.84. The Hall–Kier alpha value is -2.24. The zero-order valence-corrected chi connectivity index (χ0v) is 23.9. The van der Waals surface area contributed by atoms with Crippen molar-refractivity contribution in [2.24, 2.45) is 11.8 Å². The van der Waals surface area contributed by atoms with E-state index in [0.29, 0.717) is 32.4 Å². The Kier molecular flexibility index (Phi) is 10.5. The minimum atomic E-state index is -1.21. The Morgan fingerprint density at radius 1 is 1.37 bits per heavy atom. The van der Waals surface area contributed by atoms with Gasteiger partial charge in [0.1, 0.15) is 17.7 Å². The van der Waals surface area contributed by atoms with E-state index in [1.54, 1.807) is 24.0 Å². The summed E-state index contributed by atoms with van der Waals surface area (Å²) in [6.07, 6.45) is 4.94. The Morgan fingerprint density at radius 3 is 2.74 bits per heavy atom. The highest BCUT2D eigenvalue weighted by Crippen LogP contribution is 2.60. The van der Waals surface area contributed by atoms with E-state index in [1.807, 2.05) is 6.92 Å². The van der Waals surface area contributed by atoms with Crippen LogP contribution in [0, 0.1) is 11.8 Å². The van der Waals surface area contributed by atoms with Gasteiger partial charge in [-0.25, -0.2) is 0 Å². The van der Waals surface area contributed by atoms with Crippen molar-refractivity contribution in [3.05, 3.63) is 25.3 Å². The number of halogens is 1. The molecular weight excluding hydrogens is 558 g/mol. The Morgan fingerprint density at radius 2 is 2.11 bits per heavy atom. The van der Waals surface area contributed by atoms with Gasteiger partial charge in [0.15, 0.2) is 0 Å². The highest BCUT2D eigenvalue weighted by Gasteiger charge is 2.77. The van der Waals surface area contributed by atoms with E-state index in [1.165, 1.54) is 4.90 Å². The number of rotatable bonds is 15. The number of carbonyl (C=O) groups excluding carboxylic acids is 4. The summed E-state index contributed by atoms with van der Waals surface area (Å²) in [4.78, 5) is 55.8. The smallest absolute Gasteiger partial charge is 0.312 e. The summed E-state index contributed by atoms with van der Waals surface area (Å²) in [7, 11) is 0. The number of hydrogen-bond donors (Lipinski definition) is 2. The van der Waals surface area contributed by atoms with E-state index in [4.69, 9.17) is 9.47 Å². The van der Waals surface area contributed by atoms with Gasteiger partial charge in [0.2, 0.25) is 17.7 Å². The monoisotopic (exact) mass is 597 g/mol. The zero-order valence-electron chi connectivity index (χ0n) is 22.3. The molecule has 0 aromatic heterocycles. The van der Waals surface area contributed by atoms with E-state index in [2.05, 4.69) is 34.4 Å². The summed E-state index contributed by atoms with van der Waals surface area (Å²) in [5.41, 5.74) is -1.21. The molecule has 3 aliphatic heterocycles. The lowest BCUT2D eigenvalue weighted by Crippen LogP contribution is -2.57. The molecular formula is C27H40BrN3O7. The van der Waals surface area contributed by atoms with Crippen LogP contribution < -0.4 is 5.32 Å². The number of esters is 1. The molecule has 0 aromatic carbocycles. The number of nitrogens with zero attached hydrogens (tertiary/aromatic N) is 2. The number of aliphatic hydroxyl groups is 1. The molecule has 0 aromatic rings. The van der Waals surface area contributed by atoms with Crippen molar-refractivity contribution < 1.29 is 33.8 Å². The van der Waals surface area contributed by atoms with Gasteiger partial charge in [0, 0.05) is 30.9 Å². The van der Waals surface area contributed by atoms with Crippen molar-refractivity contribution in [3.63, 3.8) is 0 Å². The van der Waals surface area contributed by atoms with Crippen LogP contribution in [-0.4, -0.2) is 100 Å². The lowest BCUT2D eigenvalue weighted by molar-refractivity contribution is -0.159. The highest BCUT2D eigenvalue weighted by atomic mass is 79.9. The minimum absolute atomic E-state index is 0.0426. The van der Waals surface area contributed by atoms with Gasteiger partial charge in [-0.05, 0) is 26.2 Å². The molecule has 1 spiro atoms. The molecule has 3 rings (SSSR count). The zero-order chi connectivity index (χ0) is 28.0. The first-order valence-electron chi connectivity index (χ1n) is 13.4. The first-order valence-corrected chi connectivity index (χ1v) is 14.3. The van der Waals surface area contributed by atoms with Gasteiger partial charge in [-0.15, -0.1) is 13.2 Å². The molecule has 3 heterocycles. The Labute approximate surface area is 232 Å². The molecule has 2 N–H and O–H groups in total. The largest absolute Gasteiger partial charge is 0.460 e. The molecule has 0 saturated carbocycles. The molecule has 3 amide bonds. The number of carbonyl (C=O) groups is 4. The molecule has 0 radical (unpaired) electrons. The highest BCUT2D eigenvalue weighted by molar-refractivity contribution is 9.09. The molecule has 2 bridgehead atoms. The van der Waals surface area contributed by atoms with Crippen molar-refractivity contribution in [2.45, 2.75) is 74.6 Å². The summed E-state index contributed by atoms with van der Waals surface area (Å²) in [5.74, 6) is -3.25. The first kappa shape index (κ1) is 30.3. The second kappa shape index (κ2) is 13.2. The maximum Gasteiger partial charge on any atom is 0.312 e. The van der Waals surface area contributed by atoms with Crippen LogP contribution in [0.3, 0.4) is 0 Å². The second-order valence-electron chi connectivity index (χ2n) is 10.2. The van der Waals surface area contributed by atoms with Crippen LogP contribution in [0.4, 0.5) is 0 Å². The average Bonchev–Trinajstić information content (AvgIpc) is 3.47. The molecule has 0 aliphatic carbocycles. The number of fused-ring (bicyclic) bond motifs is 1. The summed E-state index contributed by atoms with van der Waals surface area (Å²) in [6, 6.07) is -0.964. The van der Waals surface area contributed by atoms with Gasteiger partial charge >= 0.3 is 5.97 Å². The fraction of sp³-hybridized carbons (Fsp3) is 0.704. The van der Waals surface area contributed by atoms with Gasteiger partial charge < -0.3 is 29.7 Å². The number of likely N-dealkylation sites (tertiary alicyclic amines) is 1. The van der Waals surface area contributed by atoms with E-state index >= 15 is 0 Å². The number of hydrogen-bond acceptors (Lipinski definition) is 7. The van der Waals surface area contributed by atoms with Crippen LogP contribution in [0.15, 0.2) is 25.3 Å². The van der Waals surface area contributed by atoms with Crippen molar-refractivity contribution in [1.29, 1.82) is 0 Å². The molecule has 3 saturated heterocycles. The van der Waals surface area contributed by atoms with Crippen LogP contribution in [-0.2, 0) is 28.7 Å². The topological polar surface area (TPSA) is 125 Å². The number of ether oxygens (including phenoxy) is 2. The van der Waals surface area contributed by atoms with Gasteiger partial charge in [-0.2, -0.15) is 0 Å². The fourth-order valence-electron chi connectivity index (χ4n) is 5.89. The number of β-amino-alcohol motifs (C(OH)–C–C–N with tert-alkyl or cyclic N) is 1. The Bertz CT molecular complexity index is 930. The molecule has 7 atom stereocenters. The Balaban J connectivity index is 1.84. The number of amides is 3. The first-order chi connectivity index (χ1) is 18.2. The van der Waals surface area contributed by atoms with Gasteiger partial charge in [-0.1, -0.05) is 41.4 Å². The number of allylic oxidation sites excluding steroid dienone is 1. The van der Waals surface area contributed by atoms with Crippen molar-refractivity contribution >= 4 is 39.6 Å². The fourth-order valence-corrected chi connectivity index (χ4v) is 6.84. The summed E-state index contributed by atoms with van der Waals surface area (Å²) >= 11 is 3.62. The molecule has 3 fully saturated rings. The number of nitrogens with one attached hydrogen (secondary N) is 1. The molecule has 3 aliphatic rings. The molecule has 11 heteroatoms. The second-order valence-corrected chi connectivity index (χ2v) is 11.4. The molecule has 38 heavy (non-hydrogen) atoms. The maximum atomic E-state index is 13.9. The lowest BCUT2D eigenvalue weighted by atomic mass is 9.70. The van der Waals surface area contributed by atoms with Crippen LogP contribution in [0.1, 0.15) is 46.0 Å². The molecule has 212 valence electrons. The molecule has 1 unspecified atom stereocenters. The normalized spacial score (nSPS) is 30.1. The summed E-state index contributed by atoms with van der Waals surface area (Å²) in [6.45, 7) is 11.7. The molecule has 10 nitrogen and oxygen atoms in total. The minimum Gasteiger partial charge on any atom is -0.460 e. The van der Waals surface area contributed by atoms with Gasteiger partial charge in [0.25, 0.3) is 0 Å². The number of alkyl halides is 1. The number of aliphatic hydroxyl groups excluding tert-OH is 1. The van der Waals surface area contributed by atoms with E-state index in [9.17, 15) is 24.3 Å². The van der Waals surface area contributed by atoms with Crippen LogP contribution >= 0.6 is 15.9 Å². The van der Waals surface area contributed by atoms with Crippen LogP contribution in [0.25, 0.3) is 0 Å². The van der Waals surface area contributed by atoms with Crippen LogP contribution in [0.5, 0.6) is 0 Å². The SMILES string of the molecule is C=CCCC(=O)NC[C@H](C)OC(=O)[C@H]1[C@@H]2O[C@@]3(CC2Br)[C@@H]1C(=O)N(CCO)[C@@H]3C(=O)N(CC=C)CCCC. The third-order valence-electron chi connectivity index (χ3n) is 7.56. The van der Waals surface area contributed by atoms with E-state index in [-0.39, 0.29) is 42.2 Å². The number of unbranched alkanes of at least 4 members (excludes halogenated alkanes) is 1. The lowest BCUT2D eigenvalue weighted by Gasteiger charge is -2.37. The standard InChI is InChI=1S/C27H40BrN3O7/c1-5-8-10-19(33)29-16-17(4)37-26(36)20-21-24(34)31(13-14-32)23(27(21)15-18(28)22(20)38-27)25(35)30(11-7-3)12-9-6-2/h5,7,17-18,20-23,32H,1,3,6,8-16H2,2,4H3,(H,29,33)/t17-,18?,20+,21-,22+,23+,27-/m0/s1. The van der Waals surface area contributed by atoms with Crippen molar-refractivity contribution in [2.75, 3.05) is 32.8 Å². The quantitative estimate of drug-likeness (QED) is 0.167. The van der Waals surface area contributed by atoms with E-state index in [0.717, 1.165) is 12.8 Å². The van der Waals surface area contributed by atoms with Crippen LogP contribution in [0.2, 0.25) is 0 Å². The predicted octanol–water partition coefficient (Wildman–Crippen LogP) is 1.56. The van der Waals surface area contributed by atoms with E-state index < -0.39 is 41.7 Å². The summed E-state index contributed by atoms with van der Waals surface area (Å²) < 4.78 is 12.1. The predicted molar refractivity (Wildman–Crippen MR) is 144 cm³/mol. The average molecular weight is 599 g/mol. The summed E-state index contributed by atoms with van der Waals surface area (Å²) in [5, 5.41) is 12.5. The van der Waals surface area contributed by atoms with Crippen molar-refractivity contribution in [3.8, 4) is 0 Å².